The van der Waals surface area contributed by atoms with Crippen molar-refractivity contribution in [1.82, 2.24) is 9.97 Å². The third kappa shape index (κ3) is 1.20. The third-order valence-electron chi connectivity index (χ3n) is 0.781. The zero-order valence-corrected chi connectivity index (χ0v) is 5.13. The summed E-state index contributed by atoms with van der Waals surface area (Å²) in [4.78, 5) is 6.36. The Bertz CT molecular complexity index is 206. The van der Waals surface area contributed by atoms with Gasteiger partial charge in [0.25, 0.3) is 0 Å². The number of hydrogen-bond donors (Lipinski definition) is 2. The van der Waals surface area contributed by atoms with Crippen LogP contribution in [0.25, 0.3) is 0 Å². The lowest BCUT2D eigenvalue weighted by atomic mass is 10.7. The van der Waals surface area contributed by atoms with E-state index in [-0.39, 0.29) is 5.17 Å². The lowest BCUT2D eigenvalue weighted by molar-refractivity contribution is 0.320. The average Bonchev–Trinajstić information content (AvgIpc) is 2.37. The molecule has 0 atom stereocenters. The van der Waals surface area contributed by atoms with Crippen molar-refractivity contribution in [2.45, 2.75) is 0 Å². The van der Waals surface area contributed by atoms with Gasteiger partial charge in [0.05, 0.1) is 0 Å². The molecule has 0 amide bonds. The van der Waals surface area contributed by atoms with Gasteiger partial charge >= 0.3 is 0 Å². The standard InChI is InChI=1S/C4H4ClN3O/c5-3(8-9)4-6-1-2-7-4/h1-2,9H,(H,6,7). The smallest absolute Gasteiger partial charge is 0.210 e. The number of nitrogens with zero attached hydrogens (tertiary/aromatic N) is 2. The van der Waals surface area contributed by atoms with Gasteiger partial charge < -0.3 is 10.2 Å². The number of hydrogen-bond acceptors (Lipinski definition) is 3. The monoisotopic (exact) mass is 145 g/mol. The molecule has 0 saturated heterocycles. The molecule has 0 spiro atoms. The summed E-state index contributed by atoms with van der Waals surface area (Å²) in [5.41, 5.74) is 0. The number of halogens is 1. The SMILES string of the molecule is ON=C(Cl)c1ncc[nH]1. The second-order valence-corrected chi connectivity index (χ2v) is 1.69. The first-order chi connectivity index (χ1) is 4.34. The van der Waals surface area contributed by atoms with E-state index < -0.39 is 0 Å². The predicted molar refractivity (Wildman–Crippen MR) is 32.8 cm³/mol. The van der Waals surface area contributed by atoms with Crippen LogP contribution < -0.4 is 0 Å². The van der Waals surface area contributed by atoms with E-state index in [1.54, 1.807) is 6.20 Å². The fraction of sp³-hybridized carbons (Fsp3) is 0. The molecule has 0 aliphatic heterocycles. The highest BCUT2D eigenvalue weighted by Crippen LogP contribution is 1.95. The first-order valence-electron chi connectivity index (χ1n) is 2.22. The summed E-state index contributed by atoms with van der Waals surface area (Å²) in [6.07, 6.45) is 3.10. The van der Waals surface area contributed by atoms with E-state index in [9.17, 15) is 0 Å². The predicted octanol–water partition coefficient (Wildman–Crippen LogP) is 0.784. The van der Waals surface area contributed by atoms with Crippen molar-refractivity contribution in [2.24, 2.45) is 5.16 Å². The molecular weight excluding hydrogens is 142 g/mol. The van der Waals surface area contributed by atoms with Crippen LogP contribution in [0, 0.1) is 0 Å². The summed E-state index contributed by atoms with van der Waals surface area (Å²) in [6, 6.07) is 0. The summed E-state index contributed by atoms with van der Waals surface area (Å²) < 4.78 is 0. The molecule has 48 valence electrons. The maximum atomic E-state index is 8.10. The van der Waals surface area contributed by atoms with Crippen molar-refractivity contribution in [3.05, 3.63) is 18.2 Å². The van der Waals surface area contributed by atoms with Crippen LogP contribution >= 0.6 is 11.6 Å². The van der Waals surface area contributed by atoms with Gasteiger partial charge in [0.15, 0.2) is 5.82 Å². The zero-order chi connectivity index (χ0) is 6.69. The molecule has 5 heteroatoms. The molecule has 0 aliphatic rings. The number of imidazole rings is 1. The average molecular weight is 146 g/mol. The van der Waals surface area contributed by atoms with Crippen molar-refractivity contribution in [1.29, 1.82) is 0 Å². The molecule has 4 nitrogen and oxygen atoms in total. The normalized spacial score (nSPS) is 11.9. The van der Waals surface area contributed by atoms with Crippen molar-refractivity contribution in [3.63, 3.8) is 0 Å². The lowest BCUT2D eigenvalue weighted by Crippen LogP contribution is -1.92. The summed E-state index contributed by atoms with van der Waals surface area (Å²) in [6.45, 7) is 0. The summed E-state index contributed by atoms with van der Waals surface area (Å²) >= 11 is 5.34. The lowest BCUT2D eigenvalue weighted by Gasteiger charge is -1.84. The van der Waals surface area contributed by atoms with Crippen LogP contribution in [0.4, 0.5) is 0 Å². The minimum Gasteiger partial charge on any atom is -0.410 e. The Hall–Kier alpha value is -1.03. The summed E-state index contributed by atoms with van der Waals surface area (Å²) in [5.74, 6) is 0.360. The van der Waals surface area contributed by atoms with Gasteiger partial charge in [-0.05, 0) is 0 Å². The highest BCUT2D eigenvalue weighted by molar-refractivity contribution is 6.68. The molecule has 1 aromatic rings. The number of rotatable bonds is 1. The van der Waals surface area contributed by atoms with E-state index >= 15 is 0 Å². The van der Waals surface area contributed by atoms with Crippen molar-refractivity contribution < 1.29 is 5.21 Å². The van der Waals surface area contributed by atoms with Crippen molar-refractivity contribution >= 4 is 16.8 Å². The van der Waals surface area contributed by atoms with Gasteiger partial charge in [-0.1, -0.05) is 16.8 Å². The van der Waals surface area contributed by atoms with Crippen LogP contribution in [-0.4, -0.2) is 20.3 Å². The molecule has 2 N–H and O–H groups in total. The Morgan fingerprint density at radius 3 is 3.11 bits per heavy atom. The number of aromatic amines is 1. The molecular formula is C4H4ClN3O. The molecule has 0 radical (unpaired) electrons. The fourth-order valence-corrected chi connectivity index (χ4v) is 0.529. The van der Waals surface area contributed by atoms with Gasteiger partial charge in [0.2, 0.25) is 5.17 Å². The van der Waals surface area contributed by atoms with E-state index in [0.29, 0.717) is 5.82 Å². The Morgan fingerprint density at radius 1 is 1.89 bits per heavy atom. The summed E-state index contributed by atoms with van der Waals surface area (Å²) in [7, 11) is 0. The highest BCUT2D eigenvalue weighted by atomic mass is 35.5. The minimum absolute atomic E-state index is 0.0417. The first kappa shape index (κ1) is 6.10. The number of nitrogens with one attached hydrogen (secondary N) is 1. The van der Waals surface area contributed by atoms with E-state index in [1.807, 2.05) is 0 Å². The minimum atomic E-state index is -0.0417. The fourth-order valence-electron chi connectivity index (χ4n) is 0.425. The maximum Gasteiger partial charge on any atom is 0.210 e. The quantitative estimate of drug-likeness (QED) is 0.349. The summed E-state index contributed by atoms with van der Waals surface area (Å²) in [5, 5.41) is 10.8. The van der Waals surface area contributed by atoms with Gasteiger partial charge in [0, 0.05) is 12.4 Å². The van der Waals surface area contributed by atoms with Crippen molar-refractivity contribution in [2.75, 3.05) is 0 Å². The topological polar surface area (TPSA) is 61.3 Å². The van der Waals surface area contributed by atoms with Crippen molar-refractivity contribution in [3.8, 4) is 0 Å². The van der Waals surface area contributed by atoms with Crippen LogP contribution in [0.3, 0.4) is 0 Å². The Kier molecular flexibility index (Phi) is 1.69. The van der Waals surface area contributed by atoms with E-state index in [4.69, 9.17) is 16.8 Å². The van der Waals surface area contributed by atoms with Gasteiger partial charge in [-0.2, -0.15) is 0 Å². The molecule has 1 aromatic heterocycles. The van der Waals surface area contributed by atoms with Gasteiger partial charge in [0.1, 0.15) is 0 Å². The van der Waals surface area contributed by atoms with Crippen LogP contribution in [0.15, 0.2) is 17.5 Å². The number of aromatic nitrogens is 2. The van der Waals surface area contributed by atoms with Crippen LogP contribution in [0.5, 0.6) is 0 Å². The van der Waals surface area contributed by atoms with Gasteiger partial charge in [-0.15, -0.1) is 0 Å². The van der Waals surface area contributed by atoms with Crippen LogP contribution in [-0.2, 0) is 0 Å². The molecule has 0 aliphatic carbocycles. The molecule has 0 saturated carbocycles. The second-order valence-electron chi connectivity index (χ2n) is 1.33. The van der Waals surface area contributed by atoms with Crippen LogP contribution in [0.1, 0.15) is 5.82 Å². The van der Waals surface area contributed by atoms with E-state index in [0.717, 1.165) is 0 Å². The Balaban J connectivity index is 2.90. The third-order valence-corrected chi connectivity index (χ3v) is 1.04. The van der Waals surface area contributed by atoms with E-state index in [1.165, 1.54) is 6.20 Å². The molecule has 0 unspecified atom stereocenters. The molecule has 0 bridgehead atoms. The maximum absolute atomic E-state index is 8.10. The largest absolute Gasteiger partial charge is 0.410 e. The Labute approximate surface area is 56.2 Å². The molecule has 0 fully saturated rings. The molecule has 1 rings (SSSR count). The Morgan fingerprint density at radius 2 is 2.67 bits per heavy atom. The van der Waals surface area contributed by atoms with E-state index in [2.05, 4.69) is 15.1 Å². The molecule has 9 heavy (non-hydrogen) atoms. The number of oxime groups is 1. The zero-order valence-electron chi connectivity index (χ0n) is 4.37. The molecule has 0 aromatic carbocycles. The second kappa shape index (κ2) is 2.50. The number of H-pyrrole nitrogens is 1. The van der Waals surface area contributed by atoms with Gasteiger partial charge in [-0.3, -0.25) is 0 Å². The first-order valence-corrected chi connectivity index (χ1v) is 2.59. The highest BCUT2D eigenvalue weighted by Gasteiger charge is 1.99. The van der Waals surface area contributed by atoms with Crippen LogP contribution in [0.2, 0.25) is 0 Å². The van der Waals surface area contributed by atoms with Gasteiger partial charge in [-0.25, -0.2) is 4.98 Å². The molecule has 1 heterocycles.